The maximum atomic E-state index is 5.97. The van der Waals surface area contributed by atoms with Crippen LogP contribution in [0.4, 0.5) is 5.95 Å². The number of benzene rings is 1. The summed E-state index contributed by atoms with van der Waals surface area (Å²) < 4.78 is 11.8. The van der Waals surface area contributed by atoms with E-state index in [0.29, 0.717) is 17.6 Å². The first kappa shape index (κ1) is 12.7. The van der Waals surface area contributed by atoms with E-state index < -0.39 is 0 Å². The Morgan fingerprint density at radius 2 is 2.15 bits per heavy atom. The van der Waals surface area contributed by atoms with E-state index in [4.69, 9.17) is 9.47 Å². The first-order valence-corrected chi connectivity index (χ1v) is 6.57. The molecule has 0 aliphatic carbocycles. The Kier molecular flexibility index (Phi) is 2.97. The van der Waals surface area contributed by atoms with Crippen molar-refractivity contribution in [1.82, 2.24) is 9.97 Å². The molecule has 0 saturated carbocycles. The molecule has 3 rings (SSSR count). The van der Waals surface area contributed by atoms with Gasteiger partial charge in [-0.25, -0.2) is 4.98 Å². The van der Waals surface area contributed by atoms with E-state index in [-0.39, 0.29) is 5.60 Å². The molecule has 1 aliphatic heterocycles. The largest absolute Gasteiger partial charge is 0.483 e. The van der Waals surface area contributed by atoms with Crippen LogP contribution in [0.5, 0.6) is 17.4 Å². The summed E-state index contributed by atoms with van der Waals surface area (Å²) in [6.45, 7) is 4.14. The van der Waals surface area contributed by atoms with Crippen LogP contribution in [-0.4, -0.2) is 22.6 Å². The summed E-state index contributed by atoms with van der Waals surface area (Å²) in [5, 5.41) is 2.89. The molecule has 0 fully saturated rings. The van der Waals surface area contributed by atoms with Crippen molar-refractivity contribution in [2.24, 2.45) is 0 Å². The van der Waals surface area contributed by atoms with Gasteiger partial charge in [0.05, 0.1) is 0 Å². The number of hydrogen-bond acceptors (Lipinski definition) is 5. The van der Waals surface area contributed by atoms with Crippen LogP contribution in [0.15, 0.2) is 30.5 Å². The standard InChI is InChI=1S/C15H17N3O2/c1-15(2)9-10-5-4-6-11(13(10)20-15)19-12-7-8-17-14(16-3)18-12/h4-8H,9H2,1-3H3,(H,16,17,18). The van der Waals surface area contributed by atoms with E-state index in [1.54, 1.807) is 19.3 Å². The zero-order valence-electron chi connectivity index (χ0n) is 11.8. The maximum absolute atomic E-state index is 5.97. The van der Waals surface area contributed by atoms with Gasteiger partial charge in [0.1, 0.15) is 5.60 Å². The number of rotatable bonds is 3. The number of para-hydroxylation sites is 1. The van der Waals surface area contributed by atoms with Crippen molar-refractivity contribution in [2.75, 3.05) is 12.4 Å². The minimum absolute atomic E-state index is 0.191. The molecule has 1 aliphatic rings. The van der Waals surface area contributed by atoms with Crippen LogP contribution in [0.25, 0.3) is 0 Å². The van der Waals surface area contributed by atoms with Crippen molar-refractivity contribution < 1.29 is 9.47 Å². The summed E-state index contributed by atoms with van der Waals surface area (Å²) in [5.41, 5.74) is 0.972. The first-order chi connectivity index (χ1) is 9.57. The smallest absolute Gasteiger partial charge is 0.225 e. The van der Waals surface area contributed by atoms with Crippen molar-refractivity contribution in [2.45, 2.75) is 25.9 Å². The molecular formula is C15H17N3O2. The molecule has 0 atom stereocenters. The number of nitrogens with one attached hydrogen (secondary N) is 1. The Morgan fingerprint density at radius 1 is 1.30 bits per heavy atom. The highest BCUT2D eigenvalue weighted by molar-refractivity contribution is 5.51. The summed E-state index contributed by atoms with van der Waals surface area (Å²) in [7, 11) is 1.77. The number of hydrogen-bond donors (Lipinski definition) is 1. The van der Waals surface area contributed by atoms with Gasteiger partial charge in [0.15, 0.2) is 11.5 Å². The van der Waals surface area contributed by atoms with Gasteiger partial charge in [-0.2, -0.15) is 4.98 Å². The number of fused-ring (bicyclic) bond motifs is 1. The predicted octanol–water partition coefficient (Wildman–Crippen LogP) is 3.02. The van der Waals surface area contributed by atoms with Crippen LogP contribution < -0.4 is 14.8 Å². The molecule has 0 bridgehead atoms. The molecule has 1 aromatic heterocycles. The van der Waals surface area contributed by atoms with Gasteiger partial charge in [0, 0.05) is 31.3 Å². The fourth-order valence-electron chi connectivity index (χ4n) is 2.30. The quantitative estimate of drug-likeness (QED) is 0.930. The lowest BCUT2D eigenvalue weighted by Crippen LogP contribution is -2.24. The number of aromatic nitrogens is 2. The van der Waals surface area contributed by atoms with Gasteiger partial charge in [0.25, 0.3) is 0 Å². The predicted molar refractivity (Wildman–Crippen MR) is 76.5 cm³/mol. The van der Waals surface area contributed by atoms with Gasteiger partial charge in [0.2, 0.25) is 11.8 Å². The van der Waals surface area contributed by atoms with Gasteiger partial charge in [-0.1, -0.05) is 12.1 Å². The molecule has 1 N–H and O–H groups in total. The van der Waals surface area contributed by atoms with Gasteiger partial charge >= 0.3 is 0 Å². The highest BCUT2D eigenvalue weighted by Crippen LogP contribution is 2.43. The molecule has 2 aromatic rings. The summed E-state index contributed by atoms with van der Waals surface area (Å²) in [6, 6.07) is 7.65. The van der Waals surface area contributed by atoms with E-state index in [2.05, 4.69) is 35.2 Å². The number of anilines is 1. The average molecular weight is 271 g/mol. The summed E-state index contributed by atoms with van der Waals surface area (Å²) in [6.07, 6.45) is 2.53. The van der Waals surface area contributed by atoms with Gasteiger partial charge in [-0.3, -0.25) is 0 Å². The van der Waals surface area contributed by atoms with Gasteiger partial charge in [-0.05, 0) is 19.9 Å². The molecule has 0 radical (unpaired) electrons. The fraction of sp³-hybridized carbons (Fsp3) is 0.333. The third-order valence-electron chi connectivity index (χ3n) is 3.12. The Balaban J connectivity index is 1.91. The number of nitrogens with zero attached hydrogens (tertiary/aromatic N) is 2. The van der Waals surface area contributed by atoms with Crippen LogP contribution in [0.2, 0.25) is 0 Å². The summed E-state index contributed by atoms with van der Waals surface area (Å²) in [5.74, 6) is 2.51. The molecule has 20 heavy (non-hydrogen) atoms. The molecular weight excluding hydrogens is 254 g/mol. The lowest BCUT2D eigenvalue weighted by molar-refractivity contribution is 0.135. The molecule has 5 nitrogen and oxygen atoms in total. The molecule has 104 valence electrons. The average Bonchev–Trinajstić information content (AvgIpc) is 2.74. The Labute approximate surface area is 118 Å². The second-order valence-electron chi connectivity index (χ2n) is 5.35. The zero-order chi connectivity index (χ0) is 14.2. The highest BCUT2D eigenvalue weighted by atomic mass is 16.5. The van der Waals surface area contributed by atoms with Crippen molar-refractivity contribution in [3.8, 4) is 17.4 Å². The SMILES string of the molecule is CNc1nccc(Oc2cccc3c2OC(C)(C)C3)n1. The molecule has 5 heteroatoms. The molecule has 0 spiro atoms. The third-order valence-corrected chi connectivity index (χ3v) is 3.12. The van der Waals surface area contributed by atoms with E-state index in [9.17, 15) is 0 Å². The molecule has 0 amide bonds. The number of ether oxygens (including phenoxy) is 2. The third kappa shape index (κ3) is 2.39. The minimum Gasteiger partial charge on any atom is -0.483 e. The lowest BCUT2D eigenvalue weighted by atomic mass is 10.0. The van der Waals surface area contributed by atoms with Crippen LogP contribution in [0.1, 0.15) is 19.4 Å². The summed E-state index contributed by atoms with van der Waals surface area (Å²) >= 11 is 0. The van der Waals surface area contributed by atoms with Crippen molar-refractivity contribution >= 4 is 5.95 Å². The molecule has 0 saturated heterocycles. The highest BCUT2D eigenvalue weighted by Gasteiger charge is 2.32. The van der Waals surface area contributed by atoms with E-state index >= 15 is 0 Å². The van der Waals surface area contributed by atoms with Gasteiger partial charge < -0.3 is 14.8 Å². The maximum Gasteiger partial charge on any atom is 0.225 e. The van der Waals surface area contributed by atoms with Crippen LogP contribution in [-0.2, 0) is 6.42 Å². The van der Waals surface area contributed by atoms with E-state index in [1.807, 2.05) is 12.1 Å². The first-order valence-electron chi connectivity index (χ1n) is 6.57. The van der Waals surface area contributed by atoms with Crippen molar-refractivity contribution in [3.63, 3.8) is 0 Å². The van der Waals surface area contributed by atoms with Crippen molar-refractivity contribution in [3.05, 3.63) is 36.0 Å². The van der Waals surface area contributed by atoms with E-state index in [0.717, 1.165) is 17.7 Å². The fourth-order valence-corrected chi connectivity index (χ4v) is 2.30. The Hall–Kier alpha value is -2.30. The molecule has 2 heterocycles. The molecule has 1 aromatic carbocycles. The summed E-state index contributed by atoms with van der Waals surface area (Å²) in [4.78, 5) is 8.31. The monoisotopic (exact) mass is 271 g/mol. The Bertz CT molecular complexity index is 641. The van der Waals surface area contributed by atoms with E-state index in [1.165, 1.54) is 0 Å². The van der Waals surface area contributed by atoms with Crippen LogP contribution >= 0.6 is 0 Å². The Morgan fingerprint density at radius 3 is 2.95 bits per heavy atom. The minimum atomic E-state index is -0.191. The topological polar surface area (TPSA) is 56.3 Å². The van der Waals surface area contributed by atoms with Crippen LogP contribution in [0, 0.1) is 0 Å². The second-order valence-corrected chi connectivity index (χ2v) is 5.35. The van der Waals surface area contributed by atoms with Crippen LogP contribution in [0.3, 0.4) is 0 Å². The lowest BCUT2D eigenvalue weighted by Gasteiger charge is -2.18. The second kappa shape index (κ2) is 4.67. The van der Waals surface area contributed by atoms with Crippen molar-refractivity contribution in [1.29, 1.82) is 0 Å². The normalized spacial score (nSPS) is 15.3. The molecule has 0 unspecified atom stereocenters. The zero-order valence-corrected chi connectivity index (χ0v) is 11.8. The van der Waals surface area contributed by atoms with Gasteiger partial charge in [-0.15, -0.1) is 0 Å².